The summed E-state index contributed by atoms with van der Waals surface area (Å²) in [4.78, 5) is 40.1. The molecule has 0 aliphatic carbocycles. The fraction of sp³-hybridized carbons (Fsp3) is 0.300. The second kappa shape index (κ2) is 8.20. The Bertz CT molecular complexity index is 1370. The quantitative estimate of drug-likeness (QED) is 0.210. The number of pyridine rings is 1. The number of rotatable bonds is 7. The number of nitrogens with one attached hydrogen (secondary N) is 2. The number of hydrogen-bond acceptors (Lipinski definition) is 12. The van der Waals surface area contributed by atoms with Crippen LogP contribution in [0.25, 0.3) is 11.2 Å². The van der Waals surface area contributed by atoms with Gasteiger partial charge in [-0.3, -0.25) is 19.1 Å². The lowest BCUT2D eigenvalue weighted by atomic mass is 10.1. The van der Waals surface area contributed by atoms with Crippen LogP contribution in [0.2, 0.25) is 0 Å². The molecule has 0 amide bonds. The number of aliphatic hydroxyl groups excluding tert-OH is 2. The van der Waals surface area contributed by atoms with Gasteiger partial charge in [0.2, 0.25) is 0 Å². The van der Waals surface area contributed by atoms with Crippen molar-refractivity contribution in [2.24, 2.45) is 0 Å². The lowest BCUT2D eigenvalue weighted by Crippen LogP contribution is -2.41. The standard InChI is InChI=1S/C20H20N8O5/c21-18-13-19(26-7-25-18)28(8-27-13)20-17(32)14(29)10(33-20)6-24-12-11(15(30)16(12)31)23-5-9-1-3-22-4-2-9/h1-4,7-8,10,14,17,20,23-24,29,32H,5-6H2,(H2,21,25,26)/t10-,14-,17-,20-/m1/s1. The van der Waals surface area contributed by atoms with Crippen molar-refractivity contribution in [1.29, 1.82) is 0 Å². The van der Waals surface area contributed by atoms with Gasteiger partial charge in [-0.15, -0.1) is 0 Å². The number of nitrogen functional groups attached to an aromatic ring is 1. The first-order valence-corrected chi connectivity index (χ1v) is 10.1. The van der Waals surface area contributed by atoms with Crippen molar-refractivity contribution in [3.8, 4) is 0 Å². The molecule has 0 spiro atoms. The van der Waals surface area contributed by atoms with Gasteiger partial charge in [0.1, 0.15) is 41.5 Å². The smallest absolute Gasteiger partial charge is 0.253 e. The van der Waals surface area contributed by atoms with E-state index in [-0.39, 0.29) is 23.7 Å². The Morgan fingerprint density at radius 2 is 1.76 bits per heavy atom. The van der Waals surface area contributed by atoms with Crippen LogP contribution in [-0.2, 0) is 11.3 Å². The maximum absolute atomic E-state index is 12.1. The zero-order valence-corrected chi connectivity index (χ0v) is 17.1. The average Bonchev–Trinajstić information content (AvgIpc) is 3.38. The highest BCUT2D eigenvalue weighted by Crippen LogP contribution is 2.32. The summed E-state index contributed by atoms with van der Waals surface area (Å²) in [6.45, 7) is 0.317. The molecule has 4 heterocycles. The first kappa shape index (κ1) is 20.9. The van der Waals surface area contributed by atoms with Crippen LogP contribution in [0.1, 0.15) is 11.8 Å². The zero-order valence-electron chi connectivity index (χ0n) is 17.1. The van der Waals surface area contributed by atoms with Crippen molar-refractivity contribution in [2.75, 3.05) is 22.9 Å². The Kier molecular flexibility index (Phi) is 5.20. The Labute approximate surface area is 185 Å². The predicted molar refractivity (Wildman–Crippen MR) is 117 cm³/mol. The highest BCUT2D eigenvalue weighted by atomic mass is 16.6. The Morgan fingerprint density at radius 1 is 1.03 bits per heavy atom. The van der Waals surface area contributed by atoms with E-state index in [9.17, 15) is 19.8 Å². The van der Waals surface area contributed by atoms with Crippen molar-refractivity contribution >= 4 is 28.4 Å². The van der Waals surface area contributed by atoms with E-state index < -0.39 is 35.4 Å². The number of ether oxygens (including phenoxy) is 1. The molecule has 4 atom stereocenters. The predicted octanol–water partition coefficient (Wildman–Crippen LogP) is -1.26. The van der Waals surface area contributed by atoms with Crippen LogP contribution in [0.15, 0.2) is 46.8 Å². The van der Waals surface area contributed by atoms with Crippen LogP contribution in [0.3, 0.4) is 0 Å². The molecule has 5 rings (SSSR count). The van der Waals surface area contributed by atoms with Gasteiger partial charge in [0.05, 0.1) is 6.33 Å². The van der Waals surface area contributed by atoms with Crippen LogP contribution in [0.5, 0.6) is 0 Å². The second-order valence-electron chi connectivity index (χ2n) is 7.63. The van der Waals surface area contributed by atoms with Crippen LogP contribution in [-0.4, -0.2) is 59.6 Å². The molecule has 1 aliphatic heterocycles. The number of imidazole rings is 1. The van der Waals surface area contributed by atoms with Crippen LogP contribution in [0.4, 0.5) is 17.2 Å². The first-order chi connectivity index (χ1) is 16.0. The van der Waals surface area contributed by atoms with Gasteiger partial charge in [-0.05, 0) is 17.7 Å². The third kappa shape index (κ3) is 3.57. The molecule has 13 heteroatoms. The summed E-state index contributed by atoms with van der Waals surface area (Å²) in [7, 11) is 0. The monoisotopic (exact) mass is 452 g/mol. The molecule has 33 heavy (non-hydrogen) atoms. The molecule has 1 fully saturated rings. The minimum absolute atomic E-state index is 0.0206. The van der Waals surface area contributed by atoms with Gasteiger partial charge in [-0.25, -0.2) is 15.0 Å². The van der Waals surface area contributed by atoms with E-state index in [1.54, 1.807) is 24.5 Å². The summed E-state index contributed by atoms with van der Waals surface area (Å²) < 4.78 is 7.30. The van der Waals surface area contributed by atoms with E-state index in [0.717, 1.165) is 5.56 Å². The summed E-state index contributed by atoms with van der Waals surface area (Å²) in [5.41, 5.74) is 6.36. The third-order valence-corrected chi connectivity index (χ3v) is 5.61. The molecule has 3 aromatic heterocycles. The van der Waals surface area contributed by atoms with Gasteiger partial charge in [-0.2, -0.15) is 0 Å². The van der Waals surface area contributed by atoms with Crippen molar-refractivity contribution in [2.45, 2.75) is 31.1 Å². The lowest BCUT2D eigenvalue weighted by molar-refractivity contribution is -0.0312. The lowest BCUT2D eigenvalue weighted by Gasteiger charge is -2.19. The molecular formula is C20H20N8O5. The molecule has 4 aromatic rings. The minimum atomic E-state index is -1.29. The SMILES string of the molecule is Nc1ncnc2c1ncn2[C@@H]1O[C@H](CNc2c(NCc3ccncc3)c(=O)c2=O)[C@@H](O)[C@H]1O. The van der Waals surface area contributed by atoms with E-state index in [2.05, 4.69) is 30.6 Å². The summed E-state index contributed by atoms with van der Waals surface area (Å²) in [6.07, 6.45) is 1.50. The van der Waals surface area contributed by atoms with E-state index in [1.807, 2.05) is 0 Å². The fourth-order valence-electron chi connectivity index (χ4n) is 3.81. The highest BCUT2D eigenvalue weighted by molar-refractivity contribution is 5.81. The van der Waals surface area contributed by atoms with Crippen molar-refractivity contribution in [3.05, 3.63) is 63.2 Å². The molecule has 0 radical (unpaired) electrons. The van der Waals surface area contributed by atoms with Gasteiger partial charge in [-0.1, -0.05) is 0 Å². The molecular weight excluding hydrogens is 432 g/mol. The molecule has 1 aromatic carbocycles. The van der Waals surface area contributed by atoms with E-state index in [0.29, 0.717) is 17.7 Å². The second-order valence-corrected chi connectivity index (χ2v) is 7.63. The highest BCUT2D eigenvalue weighted by Gasteiger charge is 2.44. The van der Waals surface area contributed by atoms with Crippen LogP contribution >= 0.6 is 0 Å². The van der Waals surface area contributed by atoms with Gasteiger partial charge in [0.15, 0.2) is 17.7 Å². The van der Waals surface area contributed by atoms with Gasteiger partial charge < -0.3 is 31.3 Å². The largest absolute Gasteiger partial charge is 0.387 e. The molecule has 0 bridgehead atoms. The number of nitrogens with two attached hydrogens (primary N) is 1. The Balaban J connectivity index is 1.28. The number of hydrogen-bond donors (Lipinski definition) is 5. The Morgan fingerprint density at radius 3 is 2.52 bits per heavy atom. The molecule has 6 N–H and O–H groups in total. The van der Waals surface area contributed by atoms with Crippen molar-refractivity contribution in [1.82, 2.24) is 24.5 Å². The normalized spacial score (nSPS) is 22.7. The Hall–Kier alpha value is -3.94. The summed E-state index contributed by atoms with van der Waals surface area (Å²) in [5, 5.41) is 26.8. The van der Waals surface area contributed by atoms with Crippen molar-refractivity contribution < 1.29 is 14.9 Å². The van der Waals surface area contributed by atoms with E-state index in [4.69, 9.17) is 10.5 Å². The molecule has 1 aliphatic rings. The van der Waals surface area contributed by atoms with Gasteiger partial charge in [0.25, 0.3) is 10.9 Å². The molecule has 170 valence electrons. The number of anilines is 3. The topological polar surface area (TPSA) is 190 Å². The first-order valence-electron chi connectivity index (χ1n) is 10.1. The maximum atomic E-state index is 12.1. The van der Waals surface area contributed by atoms with Crippen molar-refractivity contribution in [3.63, 3.8) is 0 Å². The van der Waals surface area contributed by atoms with Gasteiger partial charge >= 0.3 is 0 Å². The zero-order chi connectivity index (χ0) is 23.1. The van der Waals surface area contributed by atoms with E-state index in [1.165, 1.54) is 17.2 Å². The third-order valence-electron chi connectivity index (χ3n) is 5.61. The molecule has 13 nitrogen and oxygen atoms in total. The molecule has 1 saturated heterocycles. The van der Waals surface area contributed by atoms with Crippen LogP contribution in [0, 0.1) is 0 Å². The number of aliphatic hydroxyl groups is 2. The minimum Gasteiger partial charge on any atom is -0.387 e. The maximum Gasteiger partial charge on any atom is 0.253 e. The number of fused-ring (bicyclic) bond motifs is 1. The van der Waals surface area contributed by atoms with Crippen LogP contribution < -0.4 is 27.2 Å². The summed E-state index contributed by atoms with van der Waals surface area (Å²) in [6, 6.07) is 3.57. The number of aromatic nitrogens is 5. The van der Waals surface area contributed by atoms with E-state index >= 15 is 0 Å². The summed E-state index contributed by atoms with van der Waals surface area (Å²) in [5.74, 6) is 0.178. The van der Waals surface area contributed by atoms with Gasteiger partial charge in [0, 0.05) is 25.5 Å². The number of nitrogens with zero attached hydrogens (tertiary/aromatic N) is 5. The molecule has 0 saturated carbocycles. The molecule has 0 unspecified atom stereocenters. The fourth-order valence-corrected chi connectivity index (χ4v) is 3.81. The summed E-state index contributed by atoms with van der Waals surface area (Å²) >= 11 is 0. The average molecular weight is 452 g/mol.